The number of hydrogen-bond donors (Lipinski definition) is 0. The summed E-state index contributed by atoms with van der Waals surface area (Å²) in [7, 11) is 0. The van der Waals surface area contributed by atoms with Gasteiger partial charge in [-0.1, -0.05) is 41.5 Å². The summed E-state index contributed by atoms with van der Waals surface area (Å²) in [6, 6.07) is 0. The van der Waals surface area contributed by atoms with E-state index in [2.05, 4.69) is 27.7 Å². The zero-order valence-electron chi connectivity index (χ0n) is 11.9. The molecular formula is C14H29NO. The van der Waals surface area contributed by atoms with Gasteiger partial charge in [-0.3, -0.25) is 4.79 Å². The zero-order valence-corrected chi connectivity index (χ0v) is 11.9. The molecule has 2 heteroatoms. The van der Waals surface area contributed by atoms with Crippen LogP contribution in [0.1, 0.15) is 54.4 Å². The molecule has 0 aromatic heterocycles. The lowest BCUT2D eigenvalue weighted by Crippen LogP contribution is -2.36. The molecule has 0 heterocycles. The molecule has 0 aromatic carbocycles. The third-order valence-corrected chi connectivity index (χ3v) is 2.76. The molecule has 0 fully saturated rings. The molecule has 0 spiro atoms. The SMILES string of the molecule is CC(C)CCN(CCC(C)C)C(=O)C(C)C. The van der Waals surface area contributed by atoms with Gasteiger partial charge in [0.05, 0.1) is 0 Å². The Balaban J connectivity index is 4.21. The Morgan fingerprint density at radius 2 is 1.25 bits per heavy atom. The van der Waals surface area contributed by atoms with E-state index in [0.717, 1.165) is 25.9 Å². The number of carbonyl (C=O) groups excluding carboxylic acids is 1. The van der Waals surface area contributed by atoms with Crippen LogP contribution in [0.3, 0.4) is 0 Å². The Bertz CT molecular complexity index is 185. The fourth-order valence-electron chi connectivity index (χ4n) is 1.53. The monoisotopic (exact) mass is 227 g/mol. The van der Waals surface area contributed by atoms with Crippen molar-refractivity contribution in [2.75, 3.05) is 13.1 Å². The average molecular weight is 227 g/mol. The molecule has 0 atom stereocenters. The molecule has 0 saturated carbocycles. The molecule has 0 bridgehead atoms. The van der Waals surface area contributed by atoms with Crippen LogP contribution in [-0.4, -0.2) is 23.9 Å². The molecule has 0 N–H and O–H groups in total. The van der Waals surface area contributed by atoms with Gasteiger partial charge in [0.2, 0.25) is 5.91 Å². The van der Waals surface area contributed by atoms with Crippen molar-refractivity contribution in [3.8, 4) is 0 Å². The van der Waals surface area contributed by atoms with Crippen molar-refractivity contribution >= 4 is 5.91 Å². The Morgan fingerprint density at radius 1 is 0.875 bits per heavy atom. The minimum absolute atomic E-state index is 0.124. The maximum atomic E-state index is 12.0. The molecule has 0 aliphatic carbocycles. The van der Waals surface area contributed by atoms with Gasteiger partial charge in [0.1, 0.15) is 0 Å². The molecule has 2 nitrogen and oxygen atoms in total. The van der Waals surface area contributed by atoms with Gasteiger partial charge >= 0.3 is 0 Å². The predicted molar refractivity (Wildman–Crippen MR) is 70.3 cm³/mol. The molecule has 1 amide bonds. The smallest absolute Gasteiger partial charge is 0.225 e. The van der Waals surface area contributed by atoms with Gasteiger partial charge in [0, 0.05) is 19.0 Å². The first-order valence-corrected chi connectivity index (χ1v) is 6.63. The van der Waals surface area contributed by atoms with Crippen molar-refractivity contribution in [2.45, 2.75) is 54.4 Å². The van der Waals surface area contributed by atoms with Gasteiger partial charge in [-0.2, -0.15) is 0 Å². The Morgan fingerprint density at radius 3 is 1.50 bits per heavy atom. The van der Waals surface area contributed by atoms with E-state index in [-0.39, 0.29) is 5.92 Å². The molecule has 0 aliphatic heterocycles. The molecule has 0 saturated heterocycles. The van der Waals surface area contributed by atoms with E-state index in [1.807, 2.05) is 18.7 Å². The zero-order chi connectivity index (χ0) is 12.7. The van der Waals surface area contributed by atoms with Gasteiger partial charge in [0.25, 0.3) is 0 Å². The Labute approximate surface area is 101 Å². The second kappa shape index (κ2) is 7.70. The van der Waals surface area contributed by atoms with Crippen LogP contribution in [-0.2, 0) is 4.79 Å². The van der Waals surface area contributed by atoms with E-state index >= 15 is 0 Å². The van der Waals surface area contributed by atoms with Crippen LogP contribution in [0.15, 0.2) is 0 Å². The lowest BCUT2D eigenvalue weighted by Gasteiger charge is -2.26. The number of nitrogens with zero attached hydrogens (tertiary/aromatic N) is 1. The first kappa shape index (κ1) is 15.5. The van der Waals surface area contributed by atoms with Gasteiger partial charge in [-0.25, -0.2) is 0 Å². The molecule has 0 rings (SSSR count). The summed E-state index contributed by atoms with van der Waals surface area (Å²) < 4.78 is 0. The predicted octanol–water partition coefficient (Wildman–Crippen LogP) is 3.56. The second-order valence-electron chi connectivity index (χ2n) is 5.85. The summed E-state index contributed by atoms with van der Waals surface area (Å²) in [4.78, 5) is 14.0. The van der Waals surface area contributed by atoms with E-state index in [4.69, 9.17) is 0 Å². The lowest BCUT2D eigenvalue weighted by atomic mass is 10.1. The fourth-order valence-corrected chi connectivity index (χ4v) is 1.53. The van der Waals surface area contributed by atoms with Crippen molar-refractivity contribution < 1.29 is 4.79 Å². The average Bonchev–Trinajstić information content (AvgIpc) is 2.16. The highest BCUT2D eigenvalue weighted by Gasteiger charge is 2.17. The maximum Gasteiger partial charge on any atom is 0.225 e. The largest absolute Gasteiger partial charge is 0.342 e. The van der Waals surface area contributed by atoms with Crippen LogP contribution in [0.5, 0.6) is 0 Å². The van der Waals surface area contributed by atoms with Gasteiger partial charge in [-0.15, -0.1) is 0 Å². The van der Waals surface area contributed by atoms with Gasteiger partial charge in [-0.05, 0) is 24.7 Å². The normalized spacial score (nSPS) is 11.6. The lowest BCUT2D eigenvalue weighted by molar-refractivity contribution is -0.134. The van der Waals surface area contributed by atoms with Crippen molar-refractivity contribution in [1.82, 2.24) is 4.90 Å². The summed E-state index contributed by atoms with van der Waals surface area (Å²) >= 11 is 0. The molecule has 0 unspecified atom stereocenters. The molecule has 16 heavy (non-hydrogen) atoms. The fraction of sp³-hybridized carbons (Fsp3) is 0.929. The first-order chi connectivity index (χ1) is 7.34. The molecule has 0 aromatic rings. The topological polar surface area (TPSA) is 20.3 Å². The second-order valence-corrected chi connectivity index (χ2v) is 5.85. The highest BCUT2D eigenvalue weighted by molar-refractivity contribution is 5.78. The maximum absolute atomic E-state index is 12.0. The summed E-state index contributed by atoms with van der Waals surface area (Å²) in [5.41, 5.74) is 0. The Kier molecular flexibility index (Phi) is 7.44. The van der Waals surface area contributed by atoms with Crippen LogP contribution in [0.2, 0.25) is 0 Å². The van der Waals surface area contributed by atoms with Crippen LogP contribution in [0.4, 0.5) is 0 Å². The van der Waals surface area contributed by atoms with E-state index in [1.54, 1.807) is 0 Å². The summed E-state index contributed by atoms with van der Waals surface area (Å²) in [5.74, 6) is 1.77. The van der Waals surface area contributed by atoms with Crippen LogP contribution >= 0.6 is 0 Å². The van der Waals surface area contributed by atoms with Crippen molar-refractivity contribution in [2.24, 2.45) is 17.8 Å². The molecule has 0 aliphatic rings. The summed E-state index contributed by atoms with van der Waals surface area (Å²) in [5, 5.41) is 0. The van der Waals surface area contributed by atoms with Gasteiger partial charge in [0.15, 0.2) is 0 Å². The summed E-state index contributed by atoms with van der Waals surface area (Å²) in [6.07, 6.45) is 2.22. The number of amides is 1. The standard InChI is InChI=1S/C14H29NO/c1-11(2)7-9-15(10-8-12(3)4)14(16)13(5)6/h11-13H,7-10H2,1-6H3. The molecule has 0 radical (unpaired) electrons. The summed E-state index contributed by atoms with van der Waals surface area (Å²) in [6.45, 7) is 14.6. The van der Waals surface area contributed by atoms with Crippen LogP contribution in [0, 0.1) is 17.8 Å². The van der Waals surface area contributed by atoms with Crippen molar-refractivity contribution in [3.05, 3.63) is 0 Å². The van der Waals surface area contributed by atoms with E-state index < -0.39 is 0 Å². The highest BCUT2D eigenvalue weighted by Crippen LogP contribution is 2.10. The first-order valence-electron chi connectivity index (χ1n) is 6.63. The van der Waals surface area contributed by atoms with Crippen molar-refractivity contribution in [3.63, 3.8) is 0 Å². The quantitative estimate of drug-likeness (QED) is 0.651. The third kappa shape index (κ3) is 6.86. The van der Waals surface area contributed by atoms with E-state index in [9.17, 15) is 4.79 Å². The van der Waals surface area contributed by atoms with E-state index in [1.165, 1.54) is 0 Å². The van der Waals surface area contributed by atoms with Crippen LogP contribution in [0.25, 0.3) is 0 Å². The van der Waals surface area contributed by atoms with Crippen LogP contribution < -0.4 is 0 Å². The van der Waals surface area contributed by atoms with Gasteiger partial charge < -0.3 is 4.90 Å². The Hall–Kier alpha value is -0.530. The number of rotatable bonds is 7. The van der Waals surface area contributed by atoms with E-state index in [0.29, 0.717) is 17.7 Å². The third-order valence-electron chi connectivity index (χ3n) is 2.76. The number of carbonyl (C=O) groups is 1. The number of hydrogen-bond acceptors (Lipinski definition) is 1. The minimum Gasteiger partial charge on any atom is -0.342 e. The minimum atomic E-state index is 0.124. The van der Waals surface area contributed by atoms with Crippen molar-refractivity contribution in [1.29, 1.82) is 0 Å². The molecular weight excluding hydrogens is 198 g/mol. The highest BCUT2D eigenvalue weighted by atomic mass is 16.2. The molecule has 96 valence electrons.